The molecule has 2 aliphatic heterocycles. The van der Waals surface area contributed by atoms with Gasteiger partial charge in [0.1, 0.15) is 0 Å². The van der Waals surface area contributed by atoms with Gasteiger partial charge in [0.25, 0.3) is 0 Å². The lowest BCUT2D eigenvalue weighted by Gasteiger charge is -2.48. The molecule has 3 heteroatoms. The van der Waals surface area contributed by atoms with Crippen molar-refractivity contribution >= 4 is 0 Å². The Balaban J connectivity index is 1.67. The van der Waals surface area contributed by atoms with E-state index in [0.717, 1.165) is 18.5 Å². The standard InChI is InChI=1S/C17H33N3/c1-14-12-19-10-6-9-16(19)13-20(14)17(11-18)15-7-4-2-3-5-8-15/h14-17H,2-13,18H2,1H3. The zero-order valence-corrected chi connectivity index (χ0v) is 13.3. The van der Waals surface area contributed by atoms with Crippen molar-refractivity contribution in [3.8, 4) is 0 Å². The maximum absolute atomic E-state index is 6.23. The Labute approximate surface area is 124 Å². The van der Waals surface area contributed by atoms with E-state index in [1.807, 2.05) is 0 Å². The highest BCUT2D eigenvalue weighted by Crippen LogP contribution is 2.32. The van der Waals surface area contributed by atoms with Crippen LogP contribution >= 0.6 is 0 Å². The SMILES string of the molecule is CC1CN2CCCC2CN1C(CN)C1CCCCCC1. The largest absolute Gasteiger partial charge is 0.329 e. The number of rotatable bonds is 3. The predicted molar refractivity (Wildman–Crippen MR) is 84.8 cm³/mol. The lowest BCUT2D eigenvalue weighted by Crippen LogP contribution is -2.61. The summed E-state index contributed by atoms with van der Waals surface area (Å²) in [4.78, 5) is 5.52. The fourth-order valence-electron chi connectivity index (χ4n) is 4.97. The van der Waals surface area contributed by atoms with Gasteiger partial charge in [-0.15, -0.1) is 0 Å². The summed E-state index contributed by atoms with van der Waals surface area (Å²) in [5.41, 5.74) is 6.23. The van der Waals surface area contributed by atoms with Crippen LogP contribution in [0.15, 0.2) is 0 Å². The summed E-state index contributed by atoms with van der Waals surface area (Å²) in [6.07, 6.45) is 11.4. The van der Waals surface area contributed by atoms with Crippen molar-refractivity contribution in [3.63, 3.8) is 0 Å². The second-order valence-electron chi connectivity index (χ2n) is 7.39. The van der Waals surface area contributed by atoms with Crippen molar-refractivity contribution in [2.75, 3.05) is 26.2 Å². The molecule has 3 nitrogen and oxygen atoms in total. The molecule has 0 aromatic heterocycles. The van der Waals surface area contributed by atoms with Crippen LogP contribution in [0.5, 0.6) is 0 Å². The van der Waals surface area contributed by atoms with Crippen molar-refractivity contribution in [3.05, 3.63) is 0 Å². The molecule has 2 heterocycles. The maximum Gasteiger partial charge on any atom is 0.0250 e. The third-order valence-electron chi connectivity index (χ3n) is 6.10. The quantitative estimate of drug-likeness (QED) is 0.806. The van der Waals surface area contributed by atoms with Crippen LogP contribution in [0, 0.1) is 5.92 Å². The normalized spacial score (nSPS) is 35.7. The van der Waals surface area contributed by atoms with Gasteiger partial charge in [0, 0.05) is 37.8 Å². The van der Waals surface area contributed by atoms with Gasteiger partial charge in [0.15, 0.2) is 0 Å². The molecule has 20 heavy (non-hydrogen) atoms. The van der Waals surface area contributed by atoms with Gasteiger partial charge in [-0.05, 0) is 45.1 Å². The topological polar surface area (TPSA) is 32.5 Å². The first kappa shape index (κ1) is 14.8. The van der Waals surface area contributed by atoms with Crippen LogP contribution in [-0.2, 0) is 0 Å². The van der Waals surface area contributed by atoms with E-state index in [-0.39, 0.29) is 0 Å². The minimum Gasteiger partial charge on any atom is -0.329 e. The summed E-state index contributed by atoms with van der Waals surface area (Å²) in [5.74, 6) is 0.859. The van der Waals surface area contributed by atoms with E-state index in [1.165, 1.54) is 71.0 Å². The second-order valence-corrected chi connectivity index (χ2v) is 7.39. The van der Waals surface area contributed by atoms with Crippen molar-refractivity contribution < 1.29 is 0 Å². The van der Waals surface area contributed by atoms with Gasteiger partial charge in [-0.3, -0.25) is 9.80 Å². The molecule has 0 bridgehead atoms. The van der Waals surface area contributed by atoms with E-state index in [9.17, 15) is 0 Å². The molecule has 2 N–H and O–H groups in total. The summed E-state index contributed by atoms with van der Waals surface area (Å²) in [6, 6.07) is 2.16. The maximum atomic E-state index is 6.23. The lowest BCUT2D eigenvalue weighted by molar-refractivity contribution is 0.00844. The van der Waals surface area contributed by atoms with Crippen LogP contribution in [0.25, 0.3) is 0 Å². The minimum atomic E-state index is 0.644. The Bertz CT molecular complexity index is 299. The molecule has 0 aromatic carbocycles. The summed E-state index contributed by atoms with van der Waals surface area (Å²) in [5, 5.41) is 0. The van der Waals surface area contributed by atoms with E-state index < -0.39 is 0 Å². The first-order valence-electron chi connectivity index (χ1n) is 8.99. The number of hydrogen-bond donors (Lipinski definition) is 1. The molecule has 0 amide bonds. The molecule has 3 atom stereocenters. The van der Waals surface area contributed by atoms with E-state index >= 15 is 0 Å². The highest BCUT2D eigenvalue weighted by atomic mass is 15.3. The van der Waals surface area contributed by atoms with Gasteiger partial charge in [-0.2, -0.15) is 0 Å². The van der Waals surface area contributed by atoms with Crippen LogP contribution in [0.3, 0.4) is 0 Å². The number of piperazine rings is 1. The first-order valence-corrected chi connectivity index (χ1v) is 8.99. The third-order valence-corrected chi connectivity index (χ3v) is 6.10. The molecule has 2 saturated heterocycles. The molecule has 116 valence electrons. The average molecular weight is 279 g/mol. The van der Waals surface area contributed by atoms with Crippen molar-refractivity contribution in [2.45, 2.75) is 76.4 Å². The van der Waals surface area contributed by atoms with Gasteiger partial charge >= 0.3 is 0 Å². The molecule has 1 saturated carbocycles. The summed E-state index contributed by atoms with van der Waals surface area (Å²) in [6.45, 7) is 7.17. The van der Waals surface area contributed by atoms with Crippen LogP contribution in [0.1, 0.15) is 58.3 Å². The van der Waals surface area contributed by atoms with Gasteiger partial charge in [-0.1, -0.05) is 25.7 Å². The Morgan fingerprint density at radius 2 is 1.75 bits per heavy atom. The fraction of sp³-hybridized carbons (Fsp3) is 1.00. The van der Waals surface area contributed by atoms with Crippen LogP contribution in [-0.4, -0.2) is 54.1 Å². The Kier molecular flexibility index (Phi) is 5.00. The Morgan fingerprint density at radius 1 is 1.00 bits per heavy atom. The summed E-state index contributed by atoms with van der Waals surface area (Å²) >= 11 is 0. The van der Waals surface area contributed by atoms with E-state index in [2.05, 4.69) is 16.7 Å². The average Bonchev–Trinajstić information content (AvgIpc) is 2.73. The lowest BCUT2D eigenvalue weighted by atomic mass is 9.88. The summed E-state index contributed by atoms with van der Waals surface area (Å²) in [7, 11) is 0. The monoisotopic (exact) mass is 279 g/mol. The van der Waals surface area contributed by atoms with Crippen molar-refractivity contribution in [2.24, 2.45) is 11.7 Å². The molecule has 0 aromatic rings. The molecule has 3 unspecified atom stereocenters. The molecule has 3 aliphatic rings. The highest BCUT2D eigenvalue weighted by molar-refractivity contribution is 4.95. The smallest absolute Gasteiger partial charge is 0.0250 e. The molecule has 1 aliphatic carbocycles. The zero-order valence-electron chi connectivity index (χ0n) is 13.3. The Morgan fingerprint density at radius 3 is 2.45 bits per heavy atom. The van der Waals surface area contributed by atoms with E-state index in [1.54, 1.807) is 0 Å². The highest BCUT2D eigenvalue weighted by Gasteiger charge is 2.39. The van der Waals surface area contributed by atoms with Crippen molar-refractivity contribution in [1.29, 1.82) is 0 Å². The van der Waals surface area contributed by atoms with Gasteiger partial charge in [0.2, 0.25) is 0 Å². The number of nitrogens with zero attached hydrogens (tertiary/aromatic N) is 2. The van der Waals surface area contributed by atoms with Crippen LogP contribution in [0.4, 0.5) is 0 Å². The molecular weight excluding hydrogens is 246 g/mol. The fourth-order valence-corrected chi connectivity index (χ4v) is 4.97. The molecular formula is C17H33N3. The van der Waals surface area contributed by atoms with Crippen molar-refractivity contribution in [1.82, 2.24) is 9.80 Å². The zero-order chi connectivity index (χ0) is 13.9. The number of hydrogen-bond acceptors (Lipinski definition) is 3. The van der Waals surface area contributed by atoms with Gasteiger partial charge < -0.3 is 5.73 Å². The second kappa shape index (κ2) is 6.76. The molecule has 3 fully saturated rings. The molecule has 0 spiro atoms. The minimum absolute atomic E-state index is 0.644. The van der Waals surface area contributed by atoms with Gasteiger partial charge in [0.05, 0.1) is 0 Å². The van der Waals surface area contributed by atoms with Crippen LogP contribution in [0.2, 0.25) is 0 Å². The number of fused-ring (bicyclic) bond motifs is 1. The van der Waals surface area contributed by atoms with E-state index in [0.29, 0.717) is 12.1 Å². The molecule has 3 rings (SSSR count). The number of nitrogens with two attached hydrogens (primary N) is 1. The van der Waals surface area contributed by atoms with E-state index in [4.69, 9.17) is 5.73 Å². The Hall–Kier alpha value is -0.120. The third kappa shape index (κ3) is 3.05. The molecule has 0 radical (unpaired) electrons. The van der Waals surface area contributed by atoms with Crippen LogP contribution < -0.4 is 5.73 Å². The predicted octanol–water partition coefficient (Wildman–Crippen LogP) is 2.45. The summed E-state index contributed by atoms with van der Waals surface area (Å²) < 4.78 is 0. The first-order chi connectivity index (χ1) is 9.79. The van der Waals surface area contributed by atoms with Gasteiger partial charge in [-0.25, -0.2) is 0 Å².